The fourth-order valence-corrected chi connectivity index (χ4v) is 6.73. The molecule has 1 aliphatic rings. The zero-order chi connectivity index (χ0) is 27.8. The third kappa shape index (κ3) is 7.50. The fraction of sp³-hybridized carbons (Fsp3) is 0.462. The first-order chi connectivity index (χ1) is 18.8. The van der Waals surface area contributed by atoms with Gasteiger partial charge in [-0.2, -0.15) is 4.31 Å². The molecule has 13 heteroatoms. The monoisotopic (exact) mass is 579 g/mol. The maximum absolute atomic E-state index is 13.5. The summed E-state index contributed by atoms with van der Waals surface area (Å²) in [5.74, 6) is -0.511. The number of hydrogen-bond acceptors (Lipinski definition) is 9. The van der Waals surface area contributed by atoms with Gasteiger partial charge in [-0.05, 0) is 42.5 Å². The molecule has 0 spiro atoms. The number of halogens is 1. The lowest BCUT2D eigenvalue weighted by Gasteiger charge is -2.34. The van der Waals surface area contributed by atoms with Crippen LogP contribution in [0.3, 0.4) is 0 Å². The SMILES string of the molecule is COCCN(CCOC)S(=O)(=O)c1ccc(C(=O)NCCN2CCN(c3nc4ccc(F)cc4s3)CC2)cc1. The second-order valence-corrected chi connectivity index (χ2v) is 12.1. The molecule has 2 aromatic carbocycles. The van der Waals surface area contributed by atoms with Crippen LogP contribution in [0.15, 0.2) is 47.4 Å². The van der Waals surface area contributed by atoms with Crippen molar-refractivity contribution in [3.8, 4) is 0 Å². The van der Waals surface area contributed by atoms with Crippen LogP contribution in [-0.4, -0.2) is 108 Å². The van der Waals surface area contributed by atoms with Crippen molar-refractivity contribution in [2.45, 2.75) is 4.90 Å². The smallest absolute Gasteiger partial charge is 0.251 e. The zero-order valence-electron chi connectivity index (χ0n) is 22.1. The summed E-state index contributed by atoms with van der Waals surface area (Å²) in [6.07, 6.45) is 0. The van der Waals surface area contributed by atoms with Gasteiger partial charge in [0.1, 0.15) is 5.82 Å². The number of amides is 1. The van der Waals surface area contributed by atoms with Gasteiger partial charge in [-0.1, -0.05) is 11.3 Å². The van der Waals surface area contributed by atoms with Gasteiger partial charge >= 0.3 is 0 Å². The summed E-state index contributed by atoms with van der Waals surface area (Å²) in [6.45, 7) is 5.38. The second kappa shape index (κ2) is 13.6. The molecule has 1 amide bonds. The van der Waals surface area contributed by atoms with Crippen LogP contribution in [0.5, 0.6) is 0 Å². The topological polar surface area (TPSA) is 104 Å². The number of rotatable bonds is 13. The van der Waals surface area contributed by atoms with Crippen molar-refractivity contribution in [1.82, 2.24) is 19.5 Å². The van der Waals surface area contributed by atoms with Gasteiger partial charge in [0.15, 0.2) is 5.13 Å². The number of sulfonamides is 1. The molecule has 0 radical (unpaired) electrons. The Labute approximate surface area is 232 Å². The molecule has 1 saturated heterocycles. The molecule has 1 aromatic heterocycles. The molecule has 0 atom stereocenters. The van der Waals surface area contributed by atoms with Gasteiger partial charge < -0.3 is 19.7 Å². The maximum Gasteiger partial charge on any atom is 0.251 e. The van der Waals surface area contributed by atoms with E-state index in [1.54, 1.807) is 6.07 Å². The Morgan fingerprint density at radius 1 is 1.05 bits per heavy atom. The minimum absolute atomic E-state index is 0.113. The lowest BCUT2D eigenvalue weighted by atomic mass is 10.2. The highest BCUT2D eigenvalue weighted by Crippen LogP contribution is 2.29. The Hall–Kier alpha value is -2.68. The number of methoxy groups -OCH3 is 2. The normalized spacial score (nSPS) is 14.8. The van der Waals surface area contributed by atoms with Crippen LogP contribution in [0.4, 0.5) is 9.52 Å². The number of aromatic nitrogens is 1. The van der Waals surface area contributed by atoms with Crippen molar-refractivity contribution in [2.75, 3.05) is 84.7 Å². The van der Waals surface area contributed by atoms with Crippen LogP contribution < -0.4 is 10.2 Å². The third-order valence-electron chi connectivity index (χ3n) is 6.54. The van der Waals surface area contributed by atoms with E-state index in [0.29, 0.717) is 18.7 Å². The van der Waals surface area contributed by atoms with E-state index in [4.69, 9.17) is 9.47 Å². The van der Waals surface area contributed by atoms with Crippen molar-refractivity contribution < 1.29 is 27.1 Å². The van der Waals surface area contributed by atoms with E-state index in [9.17, 15) is 17.6 Å². The lowest BCUT2D eigenvalue weighted by molar-refractivity contribution is 0.0947. The summed E-state index contributed by atoms with van der Waals surface area (Å²) in [7, 11) is -0.710. The highest BCUT2D eigenvalue weighted by Gasteiger charge is 2.24. The molecule has 0 aliphatic carbocycles. The highest BCUT2D eigenvalue weighted by atomic mass is 32.2. The van der Waals surface area contributed by atoms with Gasteiger partial charge in [-0.3, -0.25) is 9.69 Å². The fourth-order valence-electron chi connectivity index (χ4n) is 4.28. The second-order valence-electron chi connectivity index (χ2n) is 9.11. The van der Waals surface area contributed by atoms with Gasteiger partial charge in [0.2, 0.25) is 10.0 Å². The lowest BCUT2D eigenvalue weighted by Crippen LogP contribution is -2.48. The summed E-state index contributed by atoms with van der Waals surface area (Å²) >= 11 is 1.50. The van der Waals surface area contributed by atoms with E-state index >= 15 is 0 Å². The summed E-state index contributed by atoms with van der Waals surface area (Å²) < 4.78 is 51.8. The van der Waals surface area contributed by atoms with E-state index in [-0.39, 0.29) is 42.9 Å². The Balaban J connectivity index is 1.24. The Bertz CT molecular complexity index is 1340. The molecule has 2 heterocycles. The van der Waals surface area contributed by atoms with Gasteiger partial charge in [0.05, 0.1) is 28.3 Å². The number of carbonyl (C=O) groups excluding carboxylic acids is 1. The number of piperazine rings is 1. The number of ether oxygens (including phenoxy) is 2. The first-order valence-corrected chi connectivity index (χ1v) is 15.0. The summed E-state index contributed by atoms with van der Waals surface area (Å²) in [5, 5.41) is 3.81. The van der Waals surface area contributed by atoms with E-state index < -0.39 is 10.0 Å². The number of fused-ring (bicyclic) bond motifs is 1. The van der Waals surface area contributed by atoms with E-state index in [2.05, 4.69) is 20.1 Å². The standard InChI is InChI=1S/C26H34FN5O5S2/c1-36-17-15-32(16-18-37-2)39(34,35)22-6-3-20(4-7-22)25(33)28-9-10-30-11-13-31(14-12-30)26-29-23-8-5-21(27)19-24(23)38-26/h3-8,19H,9-18H2,1-2H3,(H,28,33). The molecular formula is C26H34FN5O5S2. The van der Waals surface area contributed by atoms with Crippen molar-refractivity contribution >= 4 is 42.6 Å². The molecule has 10 nitrogen and oxygen atoms in total. The van der Waals surface area contributed by atoms with Crippen molar-refractivity contribution in [3.63, 3.8) is 0 Å². The molecule has 1 N–H and O–H groups in total. The van der Waals surface area contributed by atoms with Crippen LogP contribution >= 0.6 is 11.3 Å². The number of nitrogens with zero attached hydrogens (tertiary/aromatic N) is 4. The molecular weight excluding hydrogens is 545 g/mol. The highest BCUT2D eigenvalue weighted by molar-refractivity contribution is 7.89. The Morgan fingerprint density at radius 3 is 2.36 bits per heavy atom. The minimum Gasteiger partial charge on any atom is -0.383 e. The molecule has 212 valence electrons. The number of carbonyl (C=O) groups is 1. The minimum atomic E-state index is -3.74. The van der Waals surface area contributed by atoms with Crippen LogP contribution in [0.25, 0.3) is 10.2 Å². The van der Waals surface area contributed by atoms with Gasteiger partial charge in [-0.25, -0.2) is 17.8 Å². The predicted molar refractivity (Wildman–Crippen MR) is 150 cm³/mol. The van der Waals surface area contributed by atoms with E-state index in [1.165, 1.54) is 66.3 Å². The number of anilines is 1. The van der Waals surface area contributed by atoms with Gasteiger partial charge in [0, 0.05) is 72.1 Å². The van der Waals surface area contributed by atoms with Crippen LogP contribution in [0.2, 0.25) is 0 Å². The van der Waals surface area contributed by atoms with Crippen molar-refractivity contribution in [1.29, 1.82) is 0 Å². The maximum atomic E-state index is 13.5. The molecule has 39 heavy (non-hydrogen) atoms. The van der Waals surface area contributed by atoms with Gasteiger partial charge in [-0.15, -0.1) is 0 Å². The van der Waals surface area contributed by atoms with Crippen LogP contribution in [-0.2, 0) is 19.5 Å². The first-order valence-electron chi connectivity index (χ1n) is 12.7. The molecule has 0 bridgehead atoms. The van der Waals surface area contributed by atoms with Crippen LogP contribution in [0, 0.1) is 5.82 Å². The largest absolute Gasteiger partial charge is 0.383 e. The predicted octanol–water partition coefficient (Wildman–Crippen LogP) is 2.27. The van der Waals surface area contributed by atoms with E-state index in [1.807, 2.05) is 0 Å². The van der Waals surface area contributed by atoms with Crippen LogP contribution in [0.1, 0.15) is 10.4 Å². The van der Waals surface area contributed by atoms with E-state index in [0.717, 1.165) is 41.5 Å². The number of thiazole rings is 1. The van der Waals surface area contributed by atoms with Crippen molar-refractivity contribution in [2.24, 2.45) is 0 Å². The average molecular weight is 580 g/mol. The molecule has 0 saturated carbocycles. The first kappa shape index (κ1) is 29.3. The van der Waals surface area contributed by atoms with Crippen molar-refractivity contribution in [3.05, 3.63) is 53.8 Å². The average Bonchev–Trinajstić information content (AvgIpc) is 3.36. The molecule has 1 aliphatic heterocycles. The van der Waals surface area contributed by atoms with Gasteiger partial charge in [0.25, 0.3) is 5.91 Å². The Kier molecular flexibility index (Phi) is 10.2. The number of benzene rings is 2. The summed E-state index contributed by atoms with van der Waals surface area (Å²) in [4.78, 5) is 21.9. The molecule has 3 aromatic rings. The summed E-state index contributed by atoms with van der Waals surface area (Å²) in [6, 6.07) is 10.6. The zero-order valence-corrected chi connectivity index (χ0v) is 23.8. The third-order valence-corrected chi connectivity index (χ3v) is 9.53. The number of nitrogens with one attached hydrogen (secondary N) is 1. The molecule has 0 unspecified atom stereocenters. The molecule has 1 fully saturated rings. The number of hydrogen-bond donors (Lipinski definition) is 1. The summed E-state index contributed by atoms with van der Waals surface area (Å²) in [5.41, 5.74) is 1.20. The molecule has 4 rings (SSSR count). The Morgan fingerprint density at radius 2 is 1.72 bits per heavy atom. The quantitative estimate of drug-likeness (QED) is 0.329.